The fraction of sp³-hybridized carbons (Fsp3) is 0.600. The Morgan fingerprint density at radius 2 is 2.31 bits per heavy atom. The maximum Gasteiger partial charge on any atom is 0.193 e. The lowest BCUT2D eigenvalue weighted by molar-refractivity contribution is 0.300. The van der Waals surface area contributed by atoms with Gasteiger partial charge in [-0.25, -0.2) is 9.97 Å². The number of thioether (sulfide) groups is 1. The smallest absolute Gasteiger partial charge is 0.193 e. The largest absolute Gasteiger partial charge is 0.490 e. The summed E-state index contributed by atoms with van der Waals surface area (Å²) in [7, 11) is 1.59. The van der Waals surface area contributed by atoms with Crippen molar-refractivity contribution >= 4 is 17.6 Å². The van der Waals surface area contributed by atoms with Crippen LogP contribution in [0.2, 0.25) is 0 Å². The molecule has 16 heavy (non-hydrogen) atoms. The van der Waals surface area contributed by atoms with Gasteiger partial charge in [0.15, 0.2) is 11.6 Å². The van der Waals surface area contributed by atoms with Crippen molar-refractivity contribution in [1.82, 2.24) is 9.97 Å². The Kier molecular flexibility index (Phi) is 5.34. The minimum Gasteiger partial charge on any atom is -0.490 e. The summed E-state index contributed by atoms with van der Waals surface area (Å²) in [5, 5.41) is 12.9. The highest BCUT2D eigenvalue weighted by Gasteiger charge is 2.14. The van der Waals surface area contributed by atoms with Gasteiger partial charge in [0.05, 0.1) is 13.7 Å². The summed E-state index contributed by atoms with van der Waals surface area (Å²) in [5.74, 6) is 1.32. The molecule has 1 unspecified atom stereocenters. The quantitative estimate of drug-likeness (QED) is 0.581. The zero-order valence-corrected chi connectivity index (χ0v) is 10.5. The van der Waals surface area contributed by atoms with Crippen molar-refractivity contribution in [3.63, 3.8) is 0 Å². The summed E-state index contributed by atoms with van der Waals surface area (Å²) in [6, 6.07) is 0. The third kappa shape index (κ3) is 3.24. The Hall–Kier alpha value is -1.01. The molecule has 1 atom stereocenters. The Morgan fingerprint density at radius 3 is 2.88 bits per heavy atom. The van der Waals surface area contributed by atoms with Gasteiger partial charge in [-0.05, 0) is 6.92 Å². The summed E-state index contributed by atoms with van der Waals surface area (Å²) < 4.78 is 5.28. The Bertz CT molecular complexity index is 336. The number of aliphatic hydroxyl groups excluding tert-OH is 1. The second-order valence-electron chi connectivity index (χ2n) is 3.20. The number of methoxy groups -OCH3 is 1. The lowest BCUT2D eigenvalue weighted by atomic mass is 10.5. The SMILES string of the molecule is CCNc1ncnc(SC(C)CO)c1OC. The van der Waals surface area contributed by atoms with Crippen molar-refractivity contribution in [2.75, 3.05) is 25.6 Å². The molecule has 6 heteroatoms. The highest BCUT2D eigenvalue weighted by atomic mass is 32.2. The number of aliphatic hydroxyl groups is 1. The molecule has 0 amide bonds. The zero-order valence-electron chi connectivity index (χ0n) is 9.73. The van der Waals surface area contributed by atoms with Gasteiger partial charge in [0.25, 0.3) is 0 Å². The lowest BCUT2D eigenvalue weighted by Crippen LogP contribution is -2.07. The van der Waals surface area contributed by atoms with E-state index in [-0.39, 0.29) is 11.9 Å². The van der Waals surface area contributed by atoms with Crippen LogP contribution >= 0.6 is 11.8 Å². The van der Waals surface area contributed by atoms with Crippen LogP contribution in [0.5, 0.6) is 5.75 Å². The molecular weight excluding hydrogens is 226 g/mol. The van der Waals surface area contributed by atoms with E-state index >= 15 is 0 Å². The molecule has 0 saturated carbocycles. The number of ether oxygens (including phenoxy) is 1. The molecule has 0 saturated heterocycles. The topological polar surface area (TPSA) is 67.3 Å². The van der Waals surface area contributed by atoms with Crippen LogP contribution in [0.15, 0.2) is 11.4 Å². The molecule has 0 aliphatic rings. The molecule has 0 aromatic carbocycles. The first-order chi connectivity index (χ1) is 7.72. The molecule has 0 bridgehead atoms. The number of nitrogens with one attached hydrogen (secondary N) is 1. The van der Waals surface area contributed by atoms with Crippen molar-refractivity contribution in [2.45, 2.75) is 24.1 Å². The molecule has 0 spiro atoms. The molecule has 0 aliphatic heterocycles. The third-order valence-corrected chi connectivity index (χ3v) is 2.95. The number of hydrogen-bond donors (Lipinski definition) is 2. The normalized spacial score (nSPS) is 12.2. The average Bonchev–Trinajstić information content (AvgIpc) is 2.29. The first-order valence-electron chi connectivity index (χ1n) is 5.13. The van der Waals surface area contributed by atoms with Crippen molar-refractivity contribution in [2.24, 2.45) is 0 Å². The van der Waals surface area contributed by atoms with Crippen LogP contribution in [0.25, 0.3) is 0 Å². The Balaban J connectivity index is 2.94. The molecule has 1 heterocycles. The van der Waals surface area contributed by atoms with Gasteiger partial charge in [0.2, 0.25) is 0 Å². The Labute approximate surface area is 99.6 Å². The van der Waals surface area contributed by atoms with Crippen LogP contribution in [0.4, 0.5) is 5.82 Å². The molecule has 1 aromatic heterocycles. The standard InChI is InChI=1S/C10H17N3O2S/c1-4-11-9-8(15-3)10(13-6-12-9)16-7(2)5-14/h6-7,14H,4-5H2,1-3H3,(H,11,12,13). The van der Waals surface area contributed by atoms with E-state index in [0.29, 0.717) is 11.6 Å². The van der Waals surface area contributed by atoms with E-state index in [2.05, 4.69) is 15.3 Å². The fourth-order valence-electron chi connectivity index (χ4n) is 1.15. The lowest BCUT2D eigenvalue weighted by Gasteiger charge is -2.13. The van der Waals surface area contributed by atoms with Crippen LogP contribution in [0.3, 0.4) is 0 Å². The minimum absolute atomic E-state index is 0.0817. The predicted octanol–water partition coefficient (Wildman–Crippen LogP) is 1.39. The molecule has 1 rings (SSSR count). The fourth-order valence-corrected chi connectivity index (χ4v) is 2.00. The maximum absolute atomic E-state index is 9.01. The van der Waals surface area contributed by atoms with Crippen molar-refractivity contribution in [3.8, 4) is 5.75 Å². The zero-order chi connectivity index (χ0) is 12.0. The van der Waals surface area contributed by atoms with Gasteiger partial charge >= 0.3 is 0 Å². The number of hydrogen-bond acceptors (Lipinski definition) is 6. The first-order valence-corrected chi connectivity index (χ1v) is 6.01. The molecular formula is C10H17N3O2S. The van der Waals surface area contributed by atoms with Crippen LogP contribution < -0.4 is 10.1 Å². The summed E-state index contributed by atoms with van der Waals surface area (Å²) in [6.45, 7) is 4.80. The third-order valence-electron chi connectivity index (χ3n) is 1.89. The van der Waals surface area contributed by atoms with Crippen molar-refractivity contribution in [3.05, 3.63) is 6.33 Å². The van der Waals surface area contributed by atoms with Crippen LogP contribution in [0.1, 0.15) is 13.8 Å². The van der Waals surface area contributed by atoms with Crippen LogP contribution in [-0.2, 0) is 0 Å². The van der Waals surface area contributed by atoms with Crippen LogP contribution in [0, 0.1) is 0 Å². The maximum atomic E-state index is 9.01. The highest BCUT2D eigenvalue weighted by molar-refractivity contribution is 8.00. The van der Waals surface area contributed by atoms with E-state index in [1.165, 1.54) is 18.1 Å². The number of anilines is 1. The van der Waals surface area contributed by atoms with E-state index in [9.17, 15) is 0 Å². The van der Waals surface area contributed by atoms with E-state index in [4.69, 9.17) is 9.84 Å². The molecule has 0 radical (unpaired) electrons. The predicted molar refractivity (Wildman–Crippen MR) is 65.2 cm³/mol. The molecule has 1 aromatic rings. The van der Waals surface area contributed by atoms with E-state index < -0.39 is 0 Å². The number of aromatic nitrogens is 2. The second kappa shape index (κ2) is 6.55. The van der Waals surface area contributed by atoms with Gasteiger partial charge in [-0.2, -0.15) is 0 Å². The van der Waals surface area contributed by atoms with Gasteiger partial charge in [0.1, 0.15) is 11.4 Å². The summed E-state index contributed by atoms with van der Waals surface area (Å²) in [6.07, 6.45) is 1.49. The Morgan fingerprint density at radius 1 is 1.56 bits per heavy atom. The van der Waals surface area contributed by atoms with E-state index in [1.807, 2.05) is 13.8 Å². The molecule has 0 aliphatic carbocycles. The first kappa shape index (κ1) is 13.1. The monoisotopic (exact) mass is 243 g/mol. The summed E-state index contributed by atoms with van der Waals surface area (Å²) in [4.78, 5) is 8.27. The molecule has 5 nitrogen and oxygen atoms in total. The van der Waals surface area contributed by atoms with Gasteiger partial charge in [-0.1, -0.05) is 18.7 Å². The van der Waals surface area contributed by atoms with E-state index in [0.717, 1.165) is 11.6 Å². The van der Waals surface area contributed by atoms with Crippen molar-refractivity contribution in [1.29, 1.82) is 0 Å². The minimum atomic E-state index is 0.0817. The number of rotatable bonds is 6. The van der Waals surface area contributed by atoms with Crippen LogP contribution in [-0.4, -0.2) is 40.6 Å². The number of nitrogens with zero attached hydrogens (tertiary/aromatic N) is 2. The van der Waals surface area contributed by atoms with Gasteiger partial charge in [-0.3, -0.25) is 0 Å². The average molecular weight is 243 g/mol. The van der Waals surface area contributed by atoms with Crippen molar-refractivity contribution < 1.29 is 9.84 Å². The highest BCUT2D eigenvalue weighted by Crippen LogP contribution is 2.34. The summed E-state index contributed by atoms with van der Waals surface area (Å²) in [5.41, 5.74) is 0. The molecule has 90 valence electrons. The second-order valence-corrected chi connectivity index (χ2v) is 4.63. The van der Waals surface area contributed by atoms with Gasteiger partial charge < -0.3 is 15.2 Å². The summed E-state index contributed by atoms with van der Waals surface area (Å²) >= 11 is 1.47. The van der Waals surface area contributed by atoms with Gasteiger partial charge in [0, 0.05) is 11.8 Å². The van der Waals surface area contributed by atoms with E-state index in [1.54, 1.807) is 7.11 Å². The molecule has 2 N–H and O–H groups in total. The van der Waals surface area contributed by atoms with Gasteiger partial charge in [-0.15, -0.1) is 0 Å². The molecule has 0 fully saturated rings.